The number of benzene rings is 3. The van der Waals surface area contributed by atoms with Crippen molar-refractivity contribution in [3.05, 3.63) is 94.0 Å². The van der Waals surface area contributed by atoms with E-state index < -0.39 is 11.9 Å². The Hall–Kier alpha value is -3.45. The molecule has 0 heterocycles. The zero-order chi connectivity index (χ0) is 20.8. The molecule has 0 radical (unpaired) electrons. The third-order valence-electron chi connectivity index (χ3n) is 4.07. The highest BCUT2D eigenvalue weighted by Gasteiger charge is 2.15. The Morgan fingerprint density at radius 3 is 2.21 bits per heavy atom. The Kier molecular flexibility index (Phi) is 6.41. The number of methoxy groups -OCH3 is 1. The summed E-state index contributed by atoms with van der Waals surface area (Å²) in [4.78, 5) is 36.9. The molecule has 0 aliphatic heterocycles. The van der Waals surface area contributed by atoms with Crippen molar-refractivity contribution in [1.82, 2.24) is 0 Å². The van der Waals surface area contributed by atoms with Crippen LogP contribution in [0.15, 0.2) is 77.3 Å². The number of para-hydroxylation sites is 1. The molecule has 146 valence electrons. The van der Waals surface area contributed by atoms with Crippen molar-refractivity contribution in [3.63, 3.8) is 0 Å². The van der Waals surface area contributed by atoms with Crippen LogP contribution in [-0.4, -0.2) is 24.9 Å². The molecule has 0 aliphatic carbocycles. The number of hydrogen-bond acceptors (Lipinski definition) is 4. The highest BCUT2D eigenvalue weighted by Crippen LogP contribution is 2.19. The van der Waals surface area contributed by atoms with Crippen molar-refractivity contribution in [1.29, 1.82) is 0 Å². The van der Waals surface area contributed by atoms with Gasteiger partial charge >= 0.3 is 5.97 Å². The number of hydrogen-bond donors (Lipinski definition) is 2. The minimum Gasteiger partial charge on any atom is -0.465 e. The fraction of sp³-hybridized carbons (Fsp3) is 0.0455. The van der Waals surface area contributed by atoms with Crippen molar-refractivity contribution >= 4 is 45.1 Å². The summed E-state index contributed by atoms with van der Waals surface area (Å²) in [5, 5.41) is 5.47. The van der Waals surface area contributed by atoms with E-state index in [0.29, 0.717) is 22.5 Å². The molecule has 29 heavy (non-hydrogen) atoms. The van der Waals surface area contributed by atoms with Crippen molar-refractivity contribution in [2.45, 2.75) is 0 Å². The summed E-state index contributed by atoms with van der Waals surface area (Å²) in [7, 11) is 1.28. The molecule has 0 aliphatic rings. The lowest BCUT2D eigenvalue weighted by Crippen LogP contribution is -2.16. The molecule has 0 saturated carbocycles. The standard InChI is InChI=1S/C22H17BrN2O4/c1-29-22(28)18-7-2-3-8-19(18)25-21(27)15-5-4-6-17(13-15)24-20(26)14-9-11-16(23)12-10-14/h2-13H,1H3,(H,24,26)(H,25,27). The van der Waals surface area contributed by atoms with E-state index in [-0.39, 0.29) is 11.5 Å². The first-order valence-corrected chi connectivity index (χ1v) is 9.43. The number of carbonyl (C=O) groups excluding carboxylic acids is 3. The Labute approximate surface area is 176 Å². The van der Waals surface area contributed by atoms with Crippen molar-refractivity contribution in [3.8, 4) is 0 Å². The number of esters is 1. The van der Waals surface area contributed by atoms with E-state index in [1.54, 1.807) is 72.8 Å². The molecule has 0 unspecified atom stereocenters. The summed E-state index contributed by atoms with van der Waals surface area (Å²) in [5.41, 5.74) is 1.90. The van der Waals surface area contributed by atoms with Crippen LogP contribution in [0.1, 0.15) is 31.1 Å². The summed E-state index contributed by atoms with van der Waals surface area (Å²) in [5.74, 6) is -1.25. The zero-order valence-corrected chi connectivity index (χ0v) is 17.0. The number of carbonyl (C=O) groups is 3. The summed E-state index contributed by atoms with van der Waals surface area (Å²) >= 11 is 3.33. The van der Waals surface area contributed by atoms with E-state index >= 15 is 0 Å². The van der Waals surface area contributed by atoms with E-state index in [2.05, 4.69) is 26.6 Å². The van der Waals surface area contributed by atoms with Crippen molar-refractivity contribution in [2.24, 2.45) is 0 Å². The fourth-order valence-corrected chi connectivity index (χ4v) is 2.88. The smallest absolute Gasteiger partial charge is 0.339 e. The Morgan fingerprint density at radius 2 is 1.48 bits per heavy atom. The Bertz CT molecular complexity index is 1060. The topological polar surface area (TPSA) is 84.5 Å². The van der Waals surface area contributed by atoms with Gasteiger partial charge in [0, 0.05) is 21.3 Å². The van der Waals surface area contributed by atoms with E-state index in [9.17, 15) is 14.4 Å². The first kappa shape index (κ1) is 20.3. The second-order valence-electron chi connectivity index (χ2n) is 6.03. The predicted molar refractivity (Wildman–Crippen MR) is 114 cm³/mol. The number of ether oxygens (including phenoxy) is 1. The van der Waals surface area contributed by atoms with Gasteiger partial charge in [0.05, 0.1) is 18.4 Å². The molecular weight excluding hydrogens is 436 g/mol. The molecule has 3 aromatic rings. The number of nitrogens with one attached hydrogen (secondary N) is 2. The molecule has 3 rings (SSSR count). The van der Waals surface area contributed by atoms with Crippen LogP contribution in [0.2, 0.25) is 0 Å². The van der Waals surface area contributed by atoms with Crippen LogP contribution in [0.3, 0.4) is 0 Å². The lowest BCUT2D eigenvalue weighted by molar-refractivity contribution is 0.0601. The average molecular weight is 453 g/mol. The van der Waals surface area contributed by atoms with Gasteiger partial charge < -0.3 is 15.4 Å². The second-order valence-corrected chi connectivity index (χ2v) is 6.95. The van der Waals surface area contributed by atoms with Crippen LogP contribution in [0.4, 0.5) is 11.4 Å². The molecule has 0 aromatic heterocycles. The highest BCUT2D eigenvalue weighted by molar-refractivity contribution is 9.10. The van der Waals surface area contributed by atoms with Gasteiger partial charge in [0.2, 0.25) is 0 Å². The molecule has 0 fully saturated rings. The zero-order valence-electron chi connectivity index (χ0n) is 15.4. The number of rotatable bonds is 5. The summed E-state index contributed by atoms with van der Waals surface area (Å²) in [6, 6.07) is 20.0. The van der Waals surface area contributed by atoms with Gasteiger partial charge in [-0.2, -0.15) is 0 Å². The average Bonchev–Trinajstić information content (AvgIpc) is 2.74. The van der Waals surface area contributed by atoms with E-state index in [4.69, 9.17) is 4.74 Å². The van der Waals surface area contributed by atoms with Crippen LogP contribution >= 0.6 is 15.9 Å². The fourth-order valence-electron chi connectivity index (χ4n) is 2.62. The minimum absolute atomic E-state index is 0.253. The van der Waals surface area contributed by atoms with Gasteiger partial charge in [0.25, 0.3) is 11.8 Å². The Morgan fingerprint density at radius 1 is 0.793 bits per heavy atom. The molecule has 6 nitrogen and oxygen atoms in total. The van der Waals surface area contributed by atoms with Crippen molar-refractivity contribution in [2.75, 3.05) is 17.7 Å². The molecule has 0 atom stereocenters. The number of halogens is 1. The molecule has 2 amide bonds. The number of amides is 2. The van der Waals surface area contributed by atoms with Gasteiger partial charge in [-0.3, -0.25) is 9.59 Å². The molecule has 7 heteroatoms. The third-order valence-corrected chi connectivity index (χ3v) is 4.60. The van der Waals surface area contributed by atoms with E-state index in [0.717, 1.165) is 4.47 Å². The maximum atomic E-state index is 12.6. The maximum absolute atomic E-state index is 12.6. The molecular formula is C22H17BrN2O4. The van der Waals surface area contributed by atoms with Crippen molar-refractivity contribution < 1.29 is 19.1 Å². The molecule has 0 spiro atoms. The maximum Gasteiger partial charge on any atom is 0.339 e. The van der Waals surface area contributed by atoms with Gasteiger partial charge in [0.1, 0.15) is 0 Å². The Balaban J connectivity index is 1.76. The third kappa shape index (κ3) is 5.08. The normalized spacial score (nSPS) is 10.1. The molecule has 0 bridgehead atoms. The highest BCUT2D eigenvalue weighted by atomic mass is 79.9. The van der Waals surface area contributed by atoms with Crippen LogP contribution in [0.25, 0.3) is 0 Å². The summed E-state index contributed by atoms with van der Waals surface area (Å²) in [6.07, 6.45) is 0. The number of anilines is 2. The van der Waals surface area contributed by atoms with Crippen LogP contribution < -0.4 is 10.6 Å². The van der Waals surface area contributed by atoms with Gasteiger partial charge in [-0.15, -0.1) is 0 Å². The van der Waals surface area contributed by atoms with Crippen LogP contribution in [-0.2, 0) is 4.74 Å². The monoisotopic (exact) mass is 452 g/mol. The SMILES string of the molecule is COC(=O)c1ccccc1NC(=O)c1cccc(NC(=O)c2ccc(Br)cc2)c1. The molecule has 2 N–H and O–H groups in total. The summed E-state index contributed by atoms with van der Waals surface area (Å²) in [6.45, 7) is 0. The van der Waals surface area contributed by atoms with Crippen LogP contribution in [0.5, 0.6) is 0 Å². The van der Waals surface area contributed by atoms with E-state index in [1.165, 1.54) is 7.11 Å². The predicted octanol–water partition coefficient (Wildman–Crippen LogP) is 4.74. The lowest BCUT2D eigenvalue weighted by atomic mass is 10.1. The van der Waals surface area contributed by atoms with Gasteiger partial charge in [-0.25, -0.2) is 4.79 Å². The second kappa shape index (κ2) is 9.16. The van der Waals surface area contributed by atoms with Gasteiger partial charge in [0.15, 0.2) is 0 Å². The minimum atomic E-state index is -0.545. The van der Waals surface area contributed by atoms with Gasteiger partial charge in [-0.05, 0) is 54.6 Å². The lowest BCUT2D eigenvalue weighted by Gasteiger charge is -2.11. The quantitative estimate of drug-likeness (QED) is 0.547. The summed E-state index contributed by atoms with van der Waals surface area (Å²) < 4.78 is 5.61. The first-order chi connectivity index (χ1) is 14.0. The van der Waals surface area contributed by atoms with Gasteiger partial charge in [-0.1, -0.05) is 34.1 Å². The van der Waals surface area contributed by atoms with E-state index in [1.807, 2.05) is 0 Å². The molecule has 3 aromatic carbocycles. The largest absolute Gasteiger partial charge is 0.465 e. The first-order valence-electron chi connectivity index (χ1n) is 8.63. The molecule has 0 saturated heterocycles. The van der Waals surface area contributed by atoms with Crippen LogP contribution in [0, 0.1) is 0 Å².